The van der Waals surface area contributed by atoms with Crippen LogP contribution in [0.4, 0.5) is 0 Å². The molecule has 0 aliphatic carbocycles. The molecule has 2 aromatic rings. The number of aryl methyl sites for hydroxylation is 2. The molecule has 1 saturated heterocycles. The Morgan fingerprint density at radius 3 is 2.48 bits per heavy atom. The van der Waals surface area contributed by atoms with Gasteiger partial charge < -0.3 is 10.4 Å². The molecule has 7 nitrogen and oxygen atoms in total. The van der Waals surface area contributed by atoms with Crippen molar-refractivity contribution in [2.75, 3.05) is 11.5 Å². The van der Waals surface area contributed by atoms with E-state index in [0.717, 1.165) is 17.0 Å². The molecule has 1 aromatic carbocycles. The largest absolute Gasteiger partial charge is 0.390 e. The van der Waals surface area contributed by atoms with Crippen LogP contribution in [0.1, 0.15) is 27.3 Å². The Labute approximate surface area is 146 Å². The molecule has 2 N–H and O–H groups in total. The van der Waals surface area contributed by atoms with Crippen LogP contribution in [0.3, 0.4) is 0 Å². The molecular weight excluding hydrogens is 342 g/mol. The molecule has 1 aliphatic heterocycles. The van der Waals surface area contributed by atoms with E-state index in [1.165, 1.54) is 0 Å². The number of hydrogen-bond acceptors (Lipinski definition) is 5. The number of hydrogen-bond donors (Lipinski definition) is 2. The van der Waals surface area contributed by atoms with Crippen molar-refractivity contribution in [1.29, 1.82) is 0 Å². The molecule has 1 fully saturated rings. The van der Waals surface area contributed by atoms with Gasteiger partial charge in [0.15, 0.2) is 9.84 Å². The maximum absolute atomic E-state index is 12.2. The predicted octanol–water partition coefficient (Wildman–Crippen LogP) is 0.436. The molecule has 25 heavy (non-hydrogen) atoms. The zero-order chi connectivity index (χ0) is 18.2. The van der Waals surface area contributed by atoms with Crippen LogP contribution < -0.4 is 5.32 Å². The highest BCUT2D eigenvalue weighted by molar-refractivity contribution is 7.91. The third-order valence-electron chi connectivity index (χ3n) is 4.29. The molecule has 1 aromatic heterocycles. The monoisotopic (exact) mass is 363 g/mol. The summed E-state index contributed by atoms with van der Waals surface area (Å²) in [6, 6.07) is 8.30. The van der Waals surface area contributed by atoms with Crippen LogP contribution in [-0.2, 0) is 16.4 Å². The van der Waals surface area contributed by atoms with Gasteiger partial charge in [0.2, 0.25) is 0 Å². The summed E-state index contributed by atoms with van der Waals surface area (Å²) in [5.74, 6) is -0.922. The lowest BCUT2D eigenvalue weighted by Gasteiger charge is -2.15. The summed E-state index contributed by atoms with van der Waals surface area (Å²) in [5.41, 5.74) is 3.45. The van der Waals surface area contributed by atoms with Gasteiger partial charge in [-0.3, -0.25) is 9.48 Å². The van der Waals surface area contributed by atoms with E-state index in [9.17, 15) is 18.3 Å². The first-order valence-corrected chi connectivity index (χ1v) is 9.85. The number of aliphatic hydroxyl groups excluding tert-OH is 1. The molecule has 1 amide bonds. The molecule has 3 rings (SSSR count). The topological polar surface area (TPSA) is 101 Å². The molecular formula is C17H21N3O4S. The Morgan fingerprint density at radius 2 is 1.96 bits per heavy atom. The van der Waals surface area contributed by atoms with Crippen molar-refractivity contribution < 1.29 is 18.3 Å². The molecule has 8 heteroatoms. The van der Waals surface area contributed by atoms with Crippen molar-refractivity contribution in [3.8, 4) is 0 Å². The summed E-state index contributed by atoms with van der Waals surface area (Å²) in [4.78, 5) is 12.2. The van der Waals surface area contributed by atoms with Crippen molar-refractivity contribution in [1.82, 2.24) is 15.1 Å². The van der Waals surface area contributed by atoms with E-state index >= 15 is 0 Å². The zero-order valence-electron chi connectivity index (χ0n) is 14.1. The van der Waals surface area contributed by atoms with E-state index in [1.54, 1.807) is 12.1 Å². The second-order valence-corrected chi connectivity index (χ2v) is 8.66. The van der Waals surface area contributed by atoms with E-state index in [4.69, 9.17) is 0 Å². The SMILES string of the molecule is Cc1cc(C)n(Cc2ccc(C(=O)N[C@@H]3CS(=O)(=O)C[C@H]3O)cc2)n1. The summed E-state index contributed by atoms with van der Waals surface area (Å²) in [7, 11) is -3.29. The second-order valence-electron chi connectivity index (χ2n) is 6.51. The van der Waals surface area contributed by atoms with Crippen molar-refractivity contribution in [3.63, 3.8) is 0 Å². The fraction of sp³-hybridized carbons (Fsp3) is 0.412. The Morgan fingerprint density at radius 1 is 1.28 bits per heavy atom. The standard InChI is InChI=1S/C17H21N3O4S/c1-11-7-12(2)20(19-11)8-13-3-5-14(6-4-13)17(22)18-15-9-25(23,24)10-16(15)21/h3-7,15-16,21H,8-10H2,1-2H3,(H,18,22)/t15-,16-/m1/s1. The number of aliphatic hydroxyl groups is 1. The molecule has 0 unspecified atom stereocenters. The number of nitrogens with zero attached hydrogens (tertiary/aromatic N) is 2. The van der Waals surface area contributed by atoms with E-state index in [2.05, 4.69) is 10.4 Å². The molecule has 2 heterocycles. The first-order chi connectivity index (χ1) is 11.7. The van der Waals surface area contributed by atoms with E-state index in [1.807, 2.05) is 36.7 Å². The number of carbonyl (C=O) groups excluding carboxylic acids is 1. The normalized spacial score (nSPS) is 22.0. The number of amides is 1. The fourth-order valence-corrected chi connectivity index (χ4v) is 4.73. The van der Waals surface area contributed by atoms with Gasteiger partial charge in [-0.25, -0.2) is 8.42 Å². The van der Waals surface area contributed by atoms with Gasteiger partial charge in [-0.1, -0.05) is 12.1 Å². The van der Waals surface area contributed by atoms with Crippen molar-refractivity contribution in [2.45, 2.75) is 32.5 Å². The highest BCUT2D eigenvalue weighted by Gasteiger charge is 2.37. The summed E-state index contributed by atoms with van der Waals surface area (Å²) >= 11 is 0. The quantitative estimate of drug-likeness (QED) is 0.821. The van der Waals surface area contributed by atoms with Crippen molar-refractivity contribution >= 4 is 15.7 Å². The van der Waals surface area contributed by atoms with Crippen LogP contribution in [0, 0.1) is 13.8 Å². The Hall–Kier alpha value is -2.19. The van der Waals surface area contributed by atoms with Crippen LogP contribution in [-0.4, -0.2) is 52.9 Å². The number of nitrogens with one attached hydrogen (secondary N) is 1. The van der Waals surface area contributed by atoms with E-state index < -0.39 is 22.0 Å². The molecule has 134 valence electrons. The van der Waals surface area contributed by atoms with E-state index in [0.29, 0.717) is 12.1 Å². The van der Waals surface area contributed by atoms with Crippen molar-refractivity contribution in [3.05, 3.63) is 52.8 Å². The number of sulfone groups is 1. The Bertz CT molecular complexity index is 887. The molecule has 0 radical (unpaired) electrons. The third kappa shape index (κ3) is 4.08. The summed E-state index contributed by atoms with van der Waals surface area (Å²) in [6.07, 6.45) is -1.06. The lowest BCUT2D eigenvalue weighted by molar-refractivity contribution is 0.0889. The highest BCUT2D eigenvalue weighted by atomic mass is 32.2. The number of rotatable bonds is 4. The first kappa shape index (κ1) is 17.6. The van der Waals surface area contributed by atoms with Crippen LogP contribution in [0.2, 0.25) is 0 Å². The number of benzene rings is 1. The van der Waals surface area contributed by atoms with Crippen LogP contribution in [0.15, 0.2) is 30.3 Å². The molecule has 2 atom stereocenters. The summed E-state index contributed by atoms with van der Waals surface area (Å²) in [6.45, 7) is 4.54. The molecule has 1 aliphatic rings. The maximum Gasteiger partial charge on any atom is 0.251 e. The summed E-state index contributed by atoms with van der Waals surface area (Å²) in [5, 5.41) is 16.8. The Balaban J connectivity index is 1.66. The van der Waals surface area contributed by atoms with Gasteiger partial charge in [-0.05, 0) is 37.6 Å². The average Bonchev–Trinajstić information content (AvgIpc) is 2.97. The summed E-state index contributed by atoms with van der Waals surface area (Å²) < 4.78 is 24.9. The first-order valence-electron chi connectivity index (χ1n) is 8.03. The fourth-order valence-electron chi connectivity index (χ4n) is 2.99. The predicted molar refractivity (Wildman–Crippen MR) is 93.2 cm³/mol. The minimum Gasteiger partial charge on any atom is -0.390 e. The molecule has 0 saturated carbocycles. The number of aromatic nitrogens is 2. The van der Waals surface area contributed by atoms with Gasteiger partial charge in [0.25, 0.3) is 5.91 Å². The Kier molecular flexibility index (Phi) is 4.66. The lowest BCUT2D eigenvalue weighted by Crippen LogP contribution is -2.42. The van der Waals surface area contributed by atoms with E-state index in [-0.39, 0.29) is 17.4 Å². The van der Waals surface area contributed by atoms with Crippen LogP contribution in [0.5, 0.6) is 0 Å². The zero-order valence-corrected chi connectivity index (χ0v) is 15.0. The van der Waals surface area contributed by atoms with Gasteiger partial charge in [-0.2, -0.15) is 5.10 Å². The number of carbonyl (C=O) groups is 1. The van der Waals surface area contributed by atoms with Gasteiger partial charge in [0, 0.05) is 11.3 Å². The third-order valence-corrected chi connectivity index (χ3v) is 6.01. The van der Waals surface area contributed by atoms with Gasteiger partial charge in [0.05, 0.1) is 35.9 Å². The van der Waals surface area contributed by atoms with Gasteiger partial charge in [0.1, 0.15) is 0 Å². The minimum atomic E-state index is -3.29. The minimum absolute atomic E-state index is 0.226. The van der Waals surface area contributed by atoms with Crippen molar-refractivity contribution in [2.24, 2.45) is 0 Å². The molecule has 0 bridgehead atoms. The van der Waals surface area contributed by atoms with Crippen LogP contribution in [0.25, 0.3) is 0 Å². The van der Waals surface area contributed by atoms with Crippen LogP contribution >= 0.6 is 0 Å². The smallest absolute Gasteiger partial charge is 0.251 e. The maximum atomic E-state index is 12.2. The molecule has 0 spiro atoms. The lowest BCUT2D eigenvalue weighted by atomic mass is 10.1. The average molecular weight is 363 g/mol. The van der Waals surface area contributed by atoms with Gasteiger partial charge >= 0.3 is 0 Å². The highest BCUT2D eigenvalue weighted by Crippen LogP contribution is 2.14. The second kappa shape index (κ2) is 6.61. The van der Waals surface area contributed by atoms with Gasteiger partial charge in [-0.15, -0.1) is 0 Å².